The van der Waals surface area contributed by atoms with E-state index in [1.54, 1.807) is 53.2 Å². The third kappa shape index (κ3) is 2.81. The average Bonchev–Trinajstić information content (AvgIpc) is 2.94. The summed E-state index contributed by atoms with van der Waals surface area (Å²) in [6, 6.07) is 14.1. The summed E-state index contributed by atoms with van der Waals surface area (Å²) in [6.45, 7) is 0. The summed E-state index contributed by atoms with van der Waals surface area (Å²) >= 11 is 11.8. The molecule has 2 aromatic carbocycles. The molecule has 3 aromatic rings. The number of carbonyl (C=O) groups is 1. The topological polar surface area (TPSA) is 73.8 Å². The first-order valence-electron chi connectivity index (χ1n) is 6.33. The highest BCUT2D eigenvalue weighted by Crippen LogP contribution is 2.23. The van der Waals surface area contributed by atoms with Crippen LogP contribution in [0.25, 0.3) is 17.1 Å². The number of halogens is 2. The maximum absolute atomic E-state index is 11.4. The monoisotopic (exact) mass is 332 g/mol. The van der Waals surface area contributed by atoms with E-state index in [2.05, 4.69) is 10.1 Å². The minimum Gasteiger partial charge on any atom is -0.363 e. The molecule has 1 aromatic heterocycles. The third-order valence-corrected chi connectivity index (χ3v) is 3.51. The van der Waals surface area contributed by atoms with Gasteiger partial charge < -0.3 is 5.73 Å². The van der Waals surface area contributed by atoms with Gasteiger partial charge in [0.2, 0.25) is 5.82 Å². The van der Waals surface area contributed by atoms with Gasteiger partial charge in [0, 0.05) is 15.6 Å². The van der Waals surface area contributed by atoms with Gasteiger partial charge >= 0.3 is 0 Å². The Kier molecular flexibility index (Phi) is 3.83. The number of primary amides is 1. The summed E-state index contributed by atoms with van der Waals surface area (Å²) in [5.74, 6) is -0.254. The van der Waals surface area contributed by atoms with E-state index in [0.29, 0.717) is 21.6 Å². The highest BCUT2D eigenvalue weighted by Gasteiger charge is 2.16. The van der Waals surface area contributed by atoms with Crippen molar-refractivity contribution in [1.82, 2.24) is 14.8 Å². The number of nitrogens with two attached hydrogens (primary N) is 1. The van der Waals surface area contributed by atoms with Gasteiger partial charge in [-0.25, -0.2) is 9.67 Å². The van der Waals surface area contributed by atoms with E-state index >= 15 is 0 Å². The lowest BCUT2D eigenvalue weighted by Crippen LogP contribution is -2.13. The van der Waals surface area contributed by atoms with Gasteiger partial charge in [-0.1, -0.05) is 23.2 Å². The molecule has 0 aliphatic rings. The van der Waals surface area contributed by atoms with Crippen LogP contribution in [-0.2, 0) is 0 Å². The van der Waals surface area contributed by atoms with Gasteiger partial charge in [0.1, 0.15) is 0 Å². The molecule has 22 heavy (non-hydrogen) atoms. The first-order chi connectivity index (χ1) is 10.5. The average molecular weight is 333 g/mol. The molecular formula is C15H10Cl2N4O. The fourth-order valence-corrected chi connectivity index (χ4v) is 2.22. The molecule has 0 aliphatic heterocycles. The van der Waals surface area contributed by atoms with Crippen LogP contribution in [0.15, 0.2) is 48.5 Å². The van der Waals surface area contributed by atoms with Crippen molar-refractivity contribution in [2.45, 2.75) is 0 Å². The van der Waals surface area contributed by atoms with Crippen molar-refractivity contribution >= 4 is 29.1 Å². The predicted octanol–water partition coefficient (Wildman–Crippen LogP) is 3.34. The molecule has 0 bridgehead atoms. The highest BCUT2D eigenvalue weighted by atomic mass is 35.5. The standard InChI is InChI=1S/C15H10Cl2N4O/c16-10-3-1-9(2-4-10)15-19-14(13(18)22)20-21(15)12-7-5-11(17)6-8-12/h1-8H,(H2,18,22). The first kappa shape index (κ1) is 14.6. The molecule has 7 heteroatoms. The maximum atomic E-state index is 11.4. The minimum atomic E-state index is -0.692. The summed E-state index contributed by atoms with van der Waals surface area (Å²) in [6.07, 6.45) is 0. The number of hydrogen-bond acceptors (Lipinski definition) is 3. The van der Waals surface area contributed by atoms with Crippen molar-refractivity contribution in [2.24, 2.45) is 5.73 Å². The quantitative estimate of drug-likeness (QED) is 0.799. The molecule has 0 fully saturated rings. The number of rotatable bonds is 3. The van der Waals surface area contributed by atoms with Gasteiger partial charge in [0.15, 0.2) is 5.82 Å². The molecule has 2 N–H and O–H groups in total. The van der Waals surface area contributed by atoms with E-state index in [1.165, 1.54) is 0 Å². The number of amides is 1. The minimum absolute atomic E-state index is 0.0556. The van der Waals surface area contributed by atoms with E-state index in [4.69, 9.17) is 28.9 Å². The van der Waals surface area contributed by atoms with Crippen LogP contribution in [0.5, 0.6) is 0 Å². The van der Waals surface area contributed by atoms with Gasteiger partial charge in [-0.15, -0.1) is 5.10 Å². The fraction of sp³-hybridized carbons (Fsp3) is 0. The largest absolute Gasteiger partial charge is 0.363 e. The molecule has 0 spiro atoms. The predicted molar refractivity (Wildman–Crippen MR) is 85.3 cm³/mol. The lowest BCUT2D eigenvalue weighted by atomic mass is 10.2. The second-order valence-corrected chi connectivity index (χ2v) is 5.39. The van der Waals surface area contributed by atoms with Crippen LogP contribution in [0.4, 0.5) is 0 Å². The van der Waals surface area contributed by atoms with Crippen LogP contribution in [0.1, 0.15) is 10.6 Å². The van der Waals surface area contributed by atoms with Gasteiger partial charge in [-0.05, 0) is 48.5 Å². The molecule has 1 heterocycles. The summed E-state index contributed by atoms with van der Waals surface area (Å²) < 4.78 is 1.54. The Bertz CT molecular complexity index is 763. The normalized spacial score (nSPS) is 10.6. The van der Waals surface area contributed by atoms with Crippen molar-refractivity contribution in [3.05, 3.63) is 64.4 Å². The molecule has 0 saturated carbocycles. The Hall–Kier alpha value is -2.37. The Labute approximate surface area is 136 Å². The summed E-state index contributed by atoms with van der Waals surface area (Å²) in [5, 5.41) is 5.37. The SMILES string of the molecule is NC(=O)c1nc(-c2ccc(Cl)cc2)n(-c2ccc(Cl)cc2)n1. The van der Waals surface area contributed by atoms with Gasteiger partial charge in [-0.2, -0.15) is 0 Å². The highest BCUT2D eigenvalue weighted by molar-refractivity contribution is 6.30. The maximum Gasteiger partial charge on any atom is 0.288 e. The van der Waals surface area contributed by atoms with E-state index in [-0.39, 0.29) is 5.82 Å². The van der Waals surface area contributed by atoms with Crippen molar-refractivity contribution in [3.63, 3.8) is 0 Å². The van der Waals surface area contributed by atoms with Gasteiger partial charge in [0.25, 0.3) is 5.91 Å². The van der Waals surface area contributed by atoms with Gasteiger partial charge in [-0.3, -0.25) is 4.79 Å². The van der Waals surface area contributed by atoms with Crippen LogP contribution in [0, 0.1) is 0 Å². The second-order valence-electron chi connectivity index (χ2n) is 4.52. The molecule has 0 unspecified atom stereocenters. The summed E-state index contributed by atoms with van der Waals surface area (Å²) in [7, 11) is 0. The first-order valence-corrected chi connectivity index (χ1v) is 7.09. The van der Waals surface area contributed by atoms with Gasteiger partial charge in [0.05, 0.1) is 5.69 Å². The van der Waals surface area contributed by atoms with E-state index in [0.717, 1.165) is 5.56 Å². The molecule has 1 amide bonds. The zero-order valence-electron chi connectivity index (χ0n) is 11.2. The zero-order valence-corrected chi connectivity index (χ0v) is 12.7. The Morgan fingerprint density at radius 1 is 0.955 bits per heavy atom. The number of hydrogen-bond donors (Lipinski definition) is 1. The molecular weight excluding hydrogens is 323 g/mol. The van der Waals surface area contributed by atoms with Crippen LogP contribution in [-0.4, -0.2) is 20.7 Å². The van der Waals surface area contributed by atoms with Crippen molar-refractivity contribution in [1.29, 1.82) is 0 Å². The van der Waals surface area contributed by atoms with Crippen LogP contribution < -0.4 is 5.73 Å². The molecule has 3 rings (SSSR count). The third-order valence-electron chi connectivity index (χ3n) is 3.00. The number of benzene rings is 2. The number of aromatic nitrogens is 3. The fourth-order valence-electron chi connectivity index (χ4n) is 1.96. The van der Waals surface area contributed by atoms with Crippen molar-refractivity contribution < 1.29 is 4.79 Å². The lowest BCUT2D eigenvalue weighted by Gasteiger charge is -2.06. The lowest BCUT2D eigenvalue weighted by molar-refractivity contribution is 0.0990. The van der Waals surface area contributed by atoms with Crippen LogP contribution in [0.2, 0.25) is 10.0 Å². The Balaban J connectivity index is 2.17. The summed E-state index contributed by atoms with van der Waals surface area (Å²) in [4.78, 5) is 15.6. The van der Waals surface area contributed by atoms with Crippen LogP contribution in [0.3, 0.4) is 0 Å². The Morgan fingerprint density at radius 2 is 1.50 bits per heavy atom. The Morgan fingerprint density at radius 3 is 2.05 bits per heavy atom. The molecule has 0 saturated heterocycles. The zero-order chi connectivity index (χ0) is 15.7. The molecule has 5 nitrogen and oxygen atoms in total. The van der Waals surface area contributed by atoms with Crippen LogP contribution >= 0.6 is 23.2 Å². The summed E-state index contributed by atoms with van der Waals surface area (Å²) in [5.41, 5.74) is 6.76. The molecule has 0 radical (unpaired) electrons. The molecule has 110 valence electrons. The molecule has 0 atom stereocenters. The van der Waals surface area contributed by atoms with Crippen molar-refractivity contribution in [3.8, 4) is 17.1 Å². The smallest absolute Gasteiger partial charge is 0.288 e. The molecule has 0 aliphatic carbocycles. The van der Waals surface area contributed by atoms with Crippen molar-refractivity contribution in [2.75, 3.05) is 0 Å². The number of carbonyl (C=O) groups excluding carboxylic acids is 1. The van der Waals surface area contributed by atoms with E-state index in [1.807, 2.05) is 0 Å². The second kappa shape index (κ2) is 5.79. The number of nitrogens with zero attached hydrogens (tertiary/aromatic N) is 3. The van der Waals surface area contributed by atoms with E-state index < -0.39 is 5.91 Å². The van der Waals surface area contributed by atoms with E-state index in [9.17, 15) is 4.79 Å².